The van der Waals surface area contributed by atoms with Crippen LogP contribution in [0.1, 0.15) is 128 Å². The lowest BCUT2D eigenvalue weighted by molar-refractivity contribution is -0.167. The first-order valence-corrected chi connectivity index (χ1v) is 24.9. The van der Waals surface area contributed by atoms with Crippen molar-refractivity contribution in [1.29, 1.82) is 0 Å². The summed E-state index contributed by atoms with van der Waals surface area (Å²) in [4.78, 5) is 70.9. The van der Waals surface area contributed by atoms with Gasteiger partial charge in [0.1, 0.15) is 36.2 Å². The number of carbonyl (C=O) groups excluding carboxylic acids is 5. The highest BCUT2D eigenvalue weighted by molar-refractivity contribution is 6.38. The second kappa shape index (κ2) is 29.7. The number of methoxy groups -OCH3 is 3. The quantitative estimate of drug-likeness (QED) is 0.113. The van der Waals surface area contributed by atoms with E-state index in [2.05, 4.69) is 0 Å². The monoisotopic (exact) mass is 964 g/mol. The van der Waals surface area contributed by atoms with Crippen LogP contribution in [0.2, 0.25) is 0 Å². The molecule has 0 spiro atoms. The number of Topliss-reactive ketones (excluding diaryl/α,β-unsaturated/α-hetero) is 3. The lowest BCUT2D eigenvalue weighted by Gasteiger charge is -2.38. The Labute approximate surface area is 408 Å². The first-order valence-electron chi connectivity index (χ1n) is 24.9. The first kappa shape index (κ1) is 58.9. The zero-order chi connectivity index (χ0) is 50.7. The molecule has 2 heterocycles. The summed E-state index contributed by atoms with van der Waals surface area (Å²) in [5.74, 6) is -5.37. The number of fused-ring (bicyclic) bond motifs is 1. The van der Waals surface area contributed by atoms with E-state index in [-0.39, 0.29) is 96.2 Å². The van der Waals surface area contributed by atoms with E-state index in [0.29, 0.717) is 44.1 Å². The number of allylic oxidation sites excluding steroid dienone is 6. The molecule has 0 aromatic rings. The normalized spacial score (nSPS) is 37.6. The number of carbonyl (C=O) groups is 5. The molecule has 0 unspecified atom stereocenters. The third-order valence-corrected chi connectivity index (χ3v) is 14.4. The van der Waals surface area contributed by atoms with Crippen LogP contribution in [0.25, 0.3) is 0 Å². The molecule has 0 aromatic carbocycles. The summed E-state index contributed by atoms with van der Waals surface area (Å²) in [5.41, 5.74) is 1.25. The van der Waals surface area contributed by atoms with Gasteiger partial charge in [-0.15, -0.1) is 0 Å². The summed E-state index contributed by atoms with van der Waals surface area (Å²) in [6.07, 6.45) is 9.56. The third-order valence-electron chi connectivity index (χ3n) is 14.4. The van der Waals surface area contributed by atoms with E-state index in [1.807, 2.05) is 51.2 Å². The van der Waals surface area contributed by atoms with Crippen molar-refractivity contribution in [3.05, 3.63) is 47.6 Å². The van der Waals surface area contributed by atoms with Crippen LogP contribution in [0.15, 0.2) is 47.6 Å². The topological polar surface area (TPSA) is 216 Å². The molecule has 3 rings (SSSR count). The number of ether oxygens (including phenoxy) is 5. The van der Waals surface area contributed by atoms with E-state index < -0.39 is 78.1 Å². The Morgan fingerprint density at radius 1 is 0.809 bits per heavy atom. The average molecular weight is 964 g/mol. The van der Waals surface area contributed by atoms with Crippen molar-refractivity contribution in [2.24, 2.45) is 35.5 Å². The van der Waals surface area contributed by atoms with E-state index in [9.17, 15) is 44.4 Å². The lowest BCUT2D eigenvalue weighted by atomic mass is 9.78. The van der Waals surface area contributed by atoms with Crippen LogP contribution in [-0.2, 0) is 47.7 Å². The Bertz CT molecular complexity index is 1750. The molecule has 4 N–H and O–H groups in total. The predicted octanol–water partition coefficient (Wildman–Crippen LogP) is 6.32. The Hall–Kier alpha value is -3.41. The summed E-state index contributed by atoms with van der Waals surface area (Å²) >= 11 is 0. The number of hydrogen-bond acceptors (Lipinski definition) is 14. The molecular formula is C53H89NO14. The number of piperidine rings is 1. The van der Waals surface area contributed by atoms with Gasteiger partial charge in [0, 0.05) is 55.4 Å². The van der Waals surface area contributed by atoms with Crippen molar-refractivity contribution in [2.75, 3.05) is 41.1 Å². The van der Waals surface area contributed by atoms with Gasteiger partial charge in [-0.1, -0.05) is 71.1 Å². The van der Waals surface area contributed by atoms with Crippen LogP contribution in [0, 0.1) is 35.5 Å². The molecule has 0 aromatic heterocycles. The number of aliphatic hydroxyl groups excluding tert-OH is 4. The molecule has 1 saturated heterocycles. The second-order valence-electron chi connectivity index (χ2n) is 19.9. The lowest BCUT2D eigenvalue weighted by Crippen LogP contribution is -2.54. The van der Waals surface area contributed by atoms with E-state index in [1.165, 1.54) is 12.0 Å². The summed E-state index contributed by atoms with van der Waals surface area (Å²) < 4.78 is 29.1. The summed E-state index contributed by atoms with van der Waals surface area (Å²) in [6.45, 7) is 12.8. The number of rotatable bonds is 9. The Morgan fingerprint density at radius 2 is 1.53 bits per heavy atom. The SMILES string of the molecule is CO[C@H]1C[C@@H](O)CC[C@@H](C)[C@H](O)C(=O)C(=O)N2CCCC[C@@H]2C(=O)O[C@@H]([C@H](C)C[C@@H]2CC[C@@H](OCCO)[C@H](OC)C2)CC(=O)[C@H](C)/C=C(\C)[C@@H](O)[C@@H](OC)C(=O)[C@H](C)C[C@H](C)\C=C/C=C/C=C/1C.[HH].[HH]. The number of amides is 1. The molecule has 15 atom stereocenters. The fourth-order valence-electron chi connectivity index (χ4n) is 9.97. The summed E-state index contributed by atoms with van der Waals surface area (Å²) in [7, 11) is 4.55. The van der Waals surface area contributed by atoms with Gasteiger partial charge < -0.3 is 49.0 Å². The largest absolute Gasteiger partial charge is 0.460 e. The van der Waals surface area contributed by atoms with E-state index in [0.717, 1.165) is 12.0 Å². The van der Waals surface area contributed by atoms with Gasteiger partial charge in [-0.05, 0) is 113 Å². The summed E-state index contributed by atoms with van der Waals surface area (Å²) in [6, 6.07) is -1.12. The summed E-state index contributed by atoms with van der Waals surface area (Å²) in [5, 5.41) is 43.0. The van der Waals surface area contributed by atoms with E-state index >= 15 is 0 Å². The van der Waals surface area contributed by atoms with Crippen molar-refractivity contribution < 1.29 is 70.9 Å². The Kier molecular flexibility index (Phi) is 25.7. The van der Waals surface area contributed by atoms with Gasteiger partial charge >= 0.3 is 5.97 Å². The van der Waals surface area contributed by atoms with Gasteiger partial charge in [-0.3, -0.25) is 19.2 Å². The van der Waals surface area contributed by atoms with Crippen molar-refractivity contribution in [1.82, 2.24) is 4.90 Å². The van der Waals surface area contributed by atoms with E-state index in [4.69, 9.17) is 23.7 Å². The maximum Gasteiger partial charge on any atom is 0.329 e. The number of aliphatic hydroxyl groups is 4. The van der Waals surface area contributed by atoms with Crippen molar-refractivity contribution in [3.8, 4) is 0 Å². The predicted molar refractivity (Wildman–Crippen MR) is 262 cm³/mol. The molecule has 2 aliphatic heterocycles. The molecule has 15 nitrogen and oxygen atoms in total. The highest BCUT2D eigenvalue weighted by atomic mass is 16.5. The highest BCUT2D eigenvalue weighted by Crippen LogP contribution is 2.35. The number of hydrogen-bond donors (Lipinski definition) is 4. The van der Waals surface area contributed by atoms with Gasteiger partial charge in [0.2, 0.25) is 5.78 Å². The van der Waals surface area contributed by atoms with Gasteiger partial charge in [-0.2, -0.15) is 0 Å². The molecule has 1 aliphatic carbocycles. The van der Waals surface area contributed by atoms with Crippen LogP contribution < -0.4 is 0 Å². The van der Waals surface area contributed by atoms with Gasteiger partial charge in [0.15, 0.2) is 5.78 Å². The maximum atomic E-state index is 14.3. The van der Waals surface area contributed by atoms with Gasteiger partial charge in [0.05, 0.1) is 37.6 Å². The molecule has 68 heavy (non-hydrogen) atoms. The molecule has 15 heteroatoms. The van der Waals surface area contributed by atoms with Crippen molar-refractivity contribution in [3.63, 3.8) is 0 Å². The molecule has 1 amide bonds. The van der Waals surface area contributed by atoms with Gasteiger partial charge in [-0.25, -0.2) is 4.79 Å². The van der Waals surface area contributed by atoms with Crippen LogP contribution in [0.5, 0.6) is 0 Å². The van der Waals surface area contributed by atoms with Crippen LogP contribution >= 0.6 is 0 Å². The maximum absolute atomic E-state index is 14.3. The van der Waals surface area contributed by atoms with E-state index in [1.54, 1.807) is 48.0 Å². The number of esters is 1. The van der Waals surface area contributed by atoms with Crippen LogP contribution in [0.3, 0.4) is 0 Å². The molecule has 1 saturated carbocycles. The molecule has 0 radical (unpaired) electrons. The van der Waals surface area contributed by atoms with Crippen molar-refractivity contribution >= 4 is 29.2 Å². The van der Waals surface area contributed by atoms with Crippen LogP contribution in [0.4, 0.5) is 0 Å². The third kappa shape index (κ3) is 17.8. The molecule has 0 bridgehead atoms. The minimum Gasteiger partial charge on any atom is -0.460 e. The fourth-order valence-corrected chi connectivity index (χ4v) is 9.97. The Morgan fingerprint density at radius 3 is 2.19 bits per heavy atom. The number of ketones is 3. The molecule has 2 fully saturated rings. The zero-order valence-corrected chi connectivity index (χ0v) is 42.5. The minimum absolute atomic E-state index is 0. The van der Waals surface area contributed by atoms with Gasteiger partial charge in [0.25, 0.3) is 5.91 Å². The average Bonchev–Trinajstić information content (AvgIpc) is 3.32. The highest BCUT2D eigenvalue weighted by Gasteiger charge is 2.42. The molecular weight excluding hydrogens is 875 g/mol. The zero-order valence-electron chi connectivity index (χ0n) is 42.5. The van der Waals surface area contributed by atoms with Crippen LogP contribution in [-0.4, -0.2) is 151 Å². The molecule has 3 aliphatic rings. The second-order valence-corrected chi connectivity index (χ2v) is 19.9. The molecule has 390 valence electrons. The van der Waals surface area contributed by atoms with Crippen molar-refractivity contribution in [2.45, 2.75) is 180 Å². The number of nitrogens with zero attached hydrogens (tertiary/aromatic N) is 1. The Balaban J connectivity index is 0.0000122. The standard InChI is InChI=1S/C53H85NO14.2H2/c1-32-16-12-11-13-17-33(2)44(64-8)30-40(56)21-19-34(3)47(58)50(61)52(62)54-23-15-14-18-41(54)53(63)68-45(36(5)28-39-20-22-43(67-25-24-55)46(29-39)65-9)31-42(57)35(4)27-38(7)49(60)51(66-10)48(59)37(6)26-32;;/h11-13,16-17,27,32,34-37,39-41,43-47,49,51,55-56,58,60H,14-15,18-26,28-31H2,1-10H3;2*1H/b13-11+,16-12-,33-17+,38-27+;;/t32-,34-,35-,36-,37-,39+,40+,41-,43-,44+,45-,46-,47+,49-,51+;;/m1../s1. The minimum atomic E-state index is -1.67. The smallest absolute Gasteiger partial charge is 0.329 e. The first-order chi connectivity index (χ1) is 32.3. The number of cyclic esters (lactones) is 1. The fraction of sp³-hybridized carbons (Fsp3) is 0.755.